The average molecular weight is 332 g/mol. The highest BCUT2D eigenvalue weighted by Gasteiger charge is 2.30. The molecule has 0 aliphatic rings. The van der Waals surface area contributed by atoms with Crippen molar-refractivity contribution in [3.63, 3.8) is 0 Å². The van der Waals surface area contributed by atoms with E-state index in [2.05, 4.69) is 4.72 Å². The van der Waals surface area contributed by atoms with Crippen LogP contribution in [0.2, 0.25) is 0 Å². The molecule has 1 aromatic rings. The number of esters is 1. The standard InChI is InChI=1S/C13H20N2O6S/c1-4-6-7-22(18,19)15-12-10(11(14)16)9(8(3)21-12)13(17)20-5-2/h15H,4-7H2,1-3H3,(H2,14,16). The number of hydrogen-bond donors (Lipinski definition) is 2. The lowest BCUT2D eigenvalue weighted by atomic mass is 10.1. The normalized spacial score (nSPS) is 11.2. The zero-order valence-corrected chi connectivity index (χ0v) is 13.6. The molecular weight excluding hydrogens is 312 g/mol. The molecule has 1 aromatic heterocycles. The zero-order valence-electron chi connectivity index (χ0n) is 12.8. The number of primary amides is 1. The molecule has 0 bridgehead atoms. The number of carbonyl (C=O) groups is 2. The summed E-state index contributed by atoms with van der Waals surface area (Å²) < 4.78 is 36.0. The first-order valence-corrected chi connectivity index (χ1v) is 8.49. The number of ether oxygens (including phenoxy) is 1. The molecule has 0 saturated carbocycles. The van der Waals surface area contributed by atoms with Gasteiger partial charge in [-0.2, -0.15) is 0 Å². The van der Waals surface area contributed by atoms with Crippen LogP contribution in [0.3, 0.4) is 0 Å². The Balaban J connectivity index is 3.24. The lowest BCUT2D eigenvalue weighted by molar-refractivity contribution is 0.0521. The van der Waals surface area contributed by atoms with Gasteiger partial charge in [0.25, 0.3) is 5.91 Å². The third-order valence-corrected chi connectivity index (χ3v) is 4.15. The van der Waals surface area contributed by atoms with Gasteiger partial charge in [0.05, 0.1) is 12.4 Å². The molecule has 3 N–H and O–H groups in total. The van der Waals surface area contributed by atoms with Gasteiger partial charge in [-0.3, -0.25) is 9.52 Å². The number of amides is 1. The van der Waals surface area contributed by atoms with Gasteiger partial charge in [-0.15, -0.1) is 0 Å². The minimum atomic E-state index is -3.70. The van der Waals surface area contributed by atoms with Gasteiger partial charge < -0.3 is 14.9 Å². The van der Waals surface area contributed by atoms with Crippen LogP contribution in [0.5, 0.6) is 0 Å². The van der Waals surface area contributed by atoms with Crippen LogP contribution >= 0.6 is 0 Å². The van der Waals surface area contributed by atoms with E-state index < -0.39 is 21.9 Å². The Morgan fingerprint density at radius 3 is 2.41 bits per heavy atom. The Bertz CT molecular complexity index is 662. The number of carbonyl (C=O) groups excluding carboxylic acids is 2. The number of unbranched alkanes of at least 4 members (excludes halogenated alkanes) is 1. The van der Waals surface area contributed by atoms with Crippen molar-refractivity contribution in [1.29, 1.82) is 0 Å². The van der Waals surface area contributed by atoms with E-state index in [1.54, 1.807) is 6.92 Å². The summed E-state index contributed by atoms with van der Waals surface area (Å²) in [5.41, 5.74) is 4.75. The first-order chi connectivity index (χ1) is 10.2. The molecule has 8 nitrogen and oxygen atoms in total. The Hall–Kier alpha value is -2.03. The van der Waals surface area contributed by atoms with Gasteiger partial charge in [-0.25, -0.2) is 13.2 Å². The van der Waals surface area contributed by atoms with E-state index in [4.69, 9.17) is 14.9 Å². The predicted molar refractivity (Wildman–Crippen MR) is 80.2 cm³/mol. The Labute approximate surface area is 129 Å². The smallest absolute Gasteiger partial charge is 0.342 e. The van der Waals surface area contributed by atoms with Crippen LogP contribution in [0.4, 0.5) is 5.88 Å². The molecule has 0 saturated heterocycles. The van der Waals surface area contributed by atoms with Crippen LogP contribution in [0.15, 0.2) is 4.42 Å². The molecule has 0 aliphatic carbocycles. The molecule has 1 heterocycles. The van der Waals surface area contributed by atoms with E-state index in [1.807, 2.05) is 6.92 Å². The van der Waals surface area contributed by atoms with Gasteiger partial charge >= 0.3 is 5.97 Å². The highest BCUT2D eigenvalue weighted by atomic mass is 32.2. The third-order valence-electron chi connectivity index (χ3n) is 2.83. The number of rotatable bonds is 8. The van der Waals surface area contributed by atoms with Crippen molar-refractivity contribution in [3.05, 3.63) is 16.9 Å². The minimum Gasteiger partial charge on any atom is -0.462 e. The fourth-order valence-electron chi connectivity index (χ4n) is 1.83. The zero-order chi connectivity index (χ0) is 16.9. The van der Waals surface area contributed by atoms with E-state index in [0.717, 1.165) is 0 Å². The fourth-order valence-corrected chi connectivity index (χ4v) is 3.02. The minimum absolute atomic E-state index is 0.0560. The number of aryl methyl sites for hydroxylation is 1. The van der Waals surface area contributed by atoms with Gasteiger partial charge in [-0.1, -0.05) is 13.3 Å². The van der Waals surface area contributed by atoms with Crippen LogP contribution in [0, 0.1) is 6.92 Å². The van der Waals surface area contributed by atoms with Crippen molar-refractivity contribution in [3.8, 4) is 0 Å². The molecule has 9 heteroatoms. The molecule has 0 aliphatic heterocycles. The maximum atomic E-state index is 11.9. The van der Waals surface area contributed by atoms with Crippen LogP contribution in [0.1, 0.15) is 53.2 Å². The summed E-state index contributed by atoms with van der Waals surface area (Å²) in [4.78, 5) is 23.5. The van der Waals surface area contributed by atoms with Gasteiger partial charge in [0.2, 0.25) is 15.9 Å². The number of nitrogens with two attached hydrogens (primary N) is 1. The lowest BCUT2D eigenvalue weighted by Crippen LogP contribution is -2.21. The summed E-state index contributed by atoms with van der Waals surface area (Å²) in [5.74, 6) is -2.20. The van der Waals surface area contributed by atoms with Crippen molar-refractivity contribution >= 4 is 27.8 Å². The topological polar surface area (TPSA) is 129 Å². The summed E-state index contributed by atoms with van der Waals surface area (Å²) in [6.07, 6.45) is 1.14. The van der Waals surface area contributed by atoms with Gasteiger partial charge in [-0.05, 0) is 20.3 Å². The molecule has 124 valence electrons. The highest BCUT2D eigenvalue weighted by molar-refractivity contribution is 7.92. The van der Waals surface area contributed by atoms with Gasteiger partial charge in [0, 0.05) is 0 Å². The molecule has 1 amide bonds. The Kier molecular flexibility index (Phi) is 5.98. The Morgan fingerprint density at radius 1 is 1.27 bits per heavy atom. The number of anilines is 1. The average Bonchev–Trinajstić information content (AvgIpc) is 2.72. The summed E-state index contributed by atoms with van der Waals surface area (Å²) in [6, 6.07) is 0. The van der Waals surface area contributed by atoms with E-state index in [9.17, 15) is 18.0 Å². The molecule has 22 heavy (non-hydrogen) atoms. The molecular formula is C13H20N2O6S. The SMILES string of the molecule is CCCCS(=O)(=O)Nc1oc(C)c(C(=O)OCC)c1C(N)=O. The van der Waals surface area contributed by atoms with Crippen LogP contribution < -0.4 is 10.5 Å². The second-order valence-corrected chi connectivity index (χ2v) is 6.44. The number of hydrogen-bond acceptors (Lipinski definition) is 6. The first kappa shape index (κ1) is 18.0. The van der Waals surface area contributed by atoms with E-state index in [0.29, 0.717) is 12.8 Å². The summed E-state index contributed by atoms with van der Waals surface area (Å²) in [6.45, 7) is 4.97. The van der Waals surface area contributed by atoms with Crippen molar-refractivity contribution in [2.75, 3.05) is 17.1 Å². The van der Waals surface area contributed by atoms with Crippen LogP contribution in [-0.2, 0) is 14.8 Å². The molecule has 0 fully saturated rings. The predicted octanol–water partition coefficient (Wildman–Crippen LogP) is 1.41. The fraction of sp³-hybridized carbons (Fsp3) is 0.538. The largest absolute Gasteiger partial charge is 0.462 e. The number of furan rings is 1. The monoisotopic (exact) mass is 332 g/mol. The van der Waals surface area contributed by atoms with E-state index >= 15 is 0 Å². The third kappa shape index (κ3) is 4.23. The number of sulfonamides is 1. The van der Waals surface area contributed by atoms with Crippen molar-refractivity contribution in [1.82, 2.24) is 0 Å². The molecule has 0 aromatic carbocycles. The van der Waals surface area contributed by atoms with Crippen molar-refractivity contribution < 1.29 is 27.2 Å². The maximum Gasteiger partial charge on any atom is 0.342 e. The van der Waals surface area contributed by atoms with E-state index in [-0.39, 0.29) is 35.1 Å². The van der Waals surface area contributed by atoms with Crippen LogP contribution in [0.25, 0.3) is 0 Å². The molecule has 0 spiro atoms. The van der Waals surface area contributed by atoms with Crippen molar-refractivity contribution in [2.24, 2.45) is 5.73 Å². The Morgan fingerprint density at radius 2 is 1.91 bits per heavy atom. The summed E-state index contributed by atoms with van der Waals surface area (Å²) in [7, 11) is -3.70. The highest BCUT2D eigenvalue weighted by Crippen LogP contribution is 2.28. The van der Waals surface area contributed by atoms with Crippen LogP contribution in [-0.4, -0.2) is 32.7 Å². The molecule has 0 radical (unpaired) electrons. The van der Waals surface area contributed by atoms with Gasteiger partial charge in [0.15, 0.2) is 0 Å². The van der Waals surface area contributed by atoms with E-state index in [1.165, 1.54) is 6.92 Å². The first-order valence-electron chi connectivity index (χ1n) is 6.84. The molecule has 0 atom stereocenters. The quantitative estimate of drug-likeness (QED) is 0.692. The summed E-state index contributed by atoms with van der Waals surface area (Å²) >= 11 is 0. The van der Waals surface area contributed by atoms with Gasteiger partial charge in [0.1, 0.15) is 16.9 Å². The molecule has 0 unspecified atom stereocenters. The lowest BCUT2D eigenvalue weighted by Gasteiger charge is -2.06. The number of nitrogens with one attached hydrogen (secondary N) is 1. The molecule has 1 rings (SSSR count). The second-order valence-electron chi connectivity index (χ2n) is 4.60. The maximum absolute atomic E-state index is 11.9. The van der Waals surface area contributed by atoms with Crippen molar-refractivity contribution in [2.45, 2.75) is 33.6 Å². The summed E-state index contributed by atoms with van der Waals surface area (Å²) in [5, 5.41) is 0. The second kappa shape index (κ2) is 7.30.